The molecule has 1 aliphatic heterocycles. The van der Waals surface area contributed by atoms with Gasteiger partial charge in [-0.2, -0.15) is 11.8 Å². The number of amides is 1. The number of hydrogen-bond donors (Lipinski definition) is 2. The Morgan fingerprint density at radius 3 is 3.22 bits per heavy atom. The van der Waals surface area contributed by atoms with E-state index in [2.05, 4.69) is 10.6 Å². The average Bonchev–Trinajstić information content (AvgIpc) is 1.91. The van der Waals surface area contributed by atoms with E-state index in [1.807, 2.05) is 11.8 Å². The highest BCUT2D eigenvalue weighted by Crippen LogP contribution is 2.04. The van der Waals surface area contributed by atoms with Gasteiger partial charge in [0, 0.05) is 18.1 Å². The molecule has 0 bridgehead atoms. The van der Waals surface area contributed by atoms with Crippen LogP contribution in [0.2, 0.25) is 0 Å². The van der Waals surface area contributed by atoms with E-state index in [0.717, 1.165) is 24.5 Å². The van der Waals surface area contributed by atoms with Crippen molar-refractivity contribution in [1.29, 1.82) is 0 Å². The number of thioether (sulfide) groups is 1. The molecule has 0 aliphatic carbocycles. The van der Waals surface area contributed by atoms with E-state index in [1.54, 1.807) is 0 Å². The van der Waals surface area contributed by atoms with Crippen molar-refractivity contribution < 1.29 is 4.79 Å². The summed E-state index contributed by atoms with van der Waals surface area (Å²) in [6, 6.07) is 0. The molecule has 1 amide bonds. The van der Waals surface area contributed by atoms with Gasteiger partial charge >= 0.3 is 0 Å². The highest BCUT2D eigenvalue weighted by atomic mass is 32.2. The molecule has 1 saturated heterocycles. The SMILES string of the molecule is O=CNC1CSCCN1. The van der Waals surface area contributed by atoms with Gasteiger partial charge in [-0.15, -0.1) is 0 Å². The van der Waals surface area contributed by atoms with E-state index in [1.165, 1.54) is 0 Å². The monoisotopic (exact) mass is 146 g/mol. The molecule has 0 aromatic carbocycles. The van der Waals surface area contributed by atoms with Crippen LogP contribution in [0.4, 0.5) is 0 Å². The van der Waals surface area contributed by atoms with Gasteiger partial charge in [0.15, 0.2) is 0 Å². The summed E-state index contributed by atoms with van der Waals surface area (Å²) in [6.45, 7) is 0.996. The van der Waals surface area contributed by atoms with Crippen molar-refractivity contribution in [2.24, 2.45) is 0 Å². The summed E-state index contributed by atoms with van der Waals surface area (Å²) >= 11 is 1.86. The van der Waals surface area contributed by atoms with E-state index in [-0.39, 0.29) is 6.17 Å². The van der Waals surface area contributed by atoms with Crippen LogP contribution in [0.1, 0.15) is 0 Å². The van der Waals surface area contributed by atoms with E-state index < -0.39 is 0 Å². The molecule has 1 unspecified atom stereocenters. The minimum Gasteiger partial charge on any atom is -0.342 e. The van der Waals surface area contributed by atoms with Gasteiger partial charge in [-0.3, -0.25) is 10.1 Å². The van der Waals surface area contributed by atoms with Crippen LogP contribution in [0.3, 0.4) is 0 Å². The molecule has 0 aromatic rings. The van der Waals surface area contributed by atoms with Crippen molar-refractivity contribution in [2.75, 3.05) is 18.1 Å². The Bertz CT molecular complexity index is 93.0. The molecule has 0 aromatic heterocycles. The third kappa shape index (κ3) is 2.24. The second-order valence-corrected chi connectivity index (χ2v) is 3.02. The molecule has 0 saturated carbocycles. The largest absolute Gasteiger partial charge is 0.342 e. The van der Waals surface area contributed by atoms with Gasteiger partial charge in [0.25, 0.3) is 0 Å². The Morgan fingerprint density at radius 1 is 1.78 bits per heavy atom. The number of carbonyl (C=O) groups is 1. The molecule has 2 N–H and O–H groups in total. The maximum absolute atomic E-state index is 9.91. The van der Waals surface area contributed by atoms with Crippen molar-refractivity contribution >= 4 is 18.2 Å². The minimum absolute atomic E-state index is 0.196. The highest BCUT2D eigenvalue weighted by molar-refractivity contribution is 7.99. The molecule has 1 atom stereocenters. The smallest absolute Gasteiger partial charge is 0.208 e. The standard InChI is InChI=1S/C5H10N2OS/c8-4-7-5-3-9-2-1-6-5/h4-6H,1-3H2,(H,7,8). The van der Waals surface area contributed by atoms with Crippen LogP contribution in [0.5, 0.6) is 0 Å². The topological polar surface area (TPSA) is 41.1 Å². The van der Waals surface area contributed by atoms with Gasteiger partial charge in [-0.05, 0) is 0 Å². The molecule has 1 rings (SSSR count). The molecular formula is C5H10N2OS. The number of rotatable bonds is 2. The van der Waals surface area contributed by atoms with Crippen molar-refractivity contribution in [3.05, 3.63) is 0 Å². The average molecular weight is 146 g/mol. The first-order valence-electron chi connectivity index (χ1n) is 2.94. The summed E-state index contributed by atoms with van der Waals surface area (Å²) in [5, 5.41) is 5.83. The second-order valence-electron chi connectivity index (χ2n) is 1.87. The lowest BCUT2D eigenvalue weighted by molar-refractivity contribution is -0.110. The third-order valence-electron chi connectivity index (χ3n) is 1.19. The number of nitrogens with one attached hydrogen (secondary N) is 2. The Hall–Kier alpha value is -0.220. The maximum Gasteiger partial charge on any atom is 0.208 e. The fourth-order valence-electron chi connectivity index (χ4n) is 0.755. The van der Waals surface area contributed by atoms with Crippen LogP contribution < -0.4 is 10.6 Å². The summed E-state index contributed by atoms with van der Waals surface area (Å²) in [5.74, 6) is 2.13. The van der Waals surface area contributed by atoms with Crippen molar-refractivity contribution in [1.82, 2.24) is 10.6 Å². The molecule has 0 radical (unpaired) electrons. The van der Waals surface area contributed by atoms with Gasteiger partial charge in [0.1, 0.15) is 0 Å². The zero-order chi connectivity index (χ0) is 6.53. The van der Waals surface area contributed by atoms with E-state index in [9.17, 15) is 4.79 Å². The molecule has 0 spiro atoms. The summed E-state index contributed by atoms with van der Waals surface area (Å²) in [5.41, 5.74) is 0. The van der Waals surface area contributed by atoms with Crippen LogP contribution in [0, 0.1) is 0 Å². The summed E-state index contributed by atoms with van der Waals surface area (Å²) in [4.78, 5) is 9.91. The zero-order valence-electron chi connectivity index (χ0n) is 5.09. The van der Waals surface area contributed by atoms with Crippen LogP contribution in [-0.2, 0) is 4.79 Å². The molecule has 52 valence electrons. The van der Waals surface area contributed by atoms with Crippen molar-refractivity contribution in [3.8, 4) is 0 Å². The predicted octanol–water partition coefficient (Wildman–Crippen LogP) is -0.605. The van der Waals surface area contributed by atoms with E-state index in [4.69, 9.17) is 0 Å². The molecule has 3 nitrogen and oxygen atoms in total. The van der Waals surface area contributed by atoms with Crippen LogP contribution >= 0.6 is 11.8 Å². The number of hydrogen-bond acceptors (Lipinski definition) is 3. The molecule has 4 heteroatoms. The first-order chi connectivity index (χ1) is 4.43. The Labute approximate surface area is 58.6 Å². The van der Waals surface area contributed by atoms with Crippen LogP contribution in [0.25, 0.3) is 0 Å². The van der Waals surface area contributed by atoms with Crippen molar-refractivity contribution in [2.45, 2.75) is 6.17 Å². The first-order valence-corrected chi connectivity index (χ1v) is 4.10. The summed E-state index contributed by atoms with van der Waals surface area (Å²) in [7, 11) is 0. The van der Waals surface area contributed by atoms with Crippen molar-refractivity contribution in [3.63, 3.8) is 0 Å². The van der Waals surface area contributed by atoms with E-state index in [0.29, 0.717) is 0 Å². The van der Waals surface area contributed by atoms with Gasteiger partial charge in [0.2, 0.25) is 6.41 Å². The molecular weight excluding hydrogens is 136 g/mol. The lowest BCUT2D eigenvalue weighted by Crippen LogP contribution is -2.47. The fourth-order valence-corrected chi connectivity index (χ4v) is 1.63. The summed E-state index contributed by atoms with van der Waals surface area (Å²) in [6.07, 6.45) is 0.935. The third-order valence-corrected chi connectivity index (χ3v) is 2.25. The highest BCUT2D eigenvalue weighted by Gasteiger charge is 2.09. The lowest BCUT2D eigenvalue weighted by Gasteiger charge is -2.21. The Morgan fingerprint density at radius 2 is 2.67 bits per heavy atom. The molecule has 1 aliphatic rings. The van der Waals surface area contributed by atoms with Gasteiger partial charge in [-0.25, -0.2) is 0 Å². The lowest BCUT2D eigenvalue weighted by atomic mass is 10.5. The minimum atomic E-state index is 0.196. The first kappa shape index (κ1) is 6.89. The molecule has 1 heterocycles. The predicted molar refractivity (Wildman–Crippen MR) is 38.3 cm³/mol. The normalized spacial score (nSPS) is 27.3. The van der Waals surface area contributed by atoms with Crippen LogP contribution in [0.15, 0.2) is 0 Å². The Balaban J connectivity index is 2.15. The van der Waals surface area contributed by atoms with Crippen LogP contribution in [-0.4, -0.2) is 30.6 Å². The fraction of sp³-hybridized carbons (Fsp3) is 0.800. The second kappa shape index (κ2) is 3.74. The molecule has 1 fully saturated rings. The Kier molecular flexibility index (Phi) is 2.86. The maximum atomic E-state index is 9.91. The summed E-state index contributed by atoms with van der Waals surface area (Å²) < 4.78 is 0. The van der Waals surface area contributed by atoms with Gasteiger partial charge in [0.05, 0.1) is 6.17 Å². The van der Waals surface area contributed by atoms with Gasteiger partial charge in [-0.1, -0.05) is 0 Å². The molecule has 9 heavy (non-hydrogen) atoms. The quantitative estimate of drug-likeness (QED) is 0.511. The van der Waals surface area contributed by atoms with E-state index >= 15 is 0 Å². The number of carbonyl (C=O) groups excluding carboxylic acids is 1. The van der Waals surface area contributed by atoms with Gasteiger partial charge < -0.3 is 5.32 Å². The zero-order valence-corrected chi connectivity index (χ0v) is 5.91.